The summed E-state index contributed by atoms with van der Waals surface area (Å²) in [6.45, 7) is 0. The third kappa shape index (κ3) is 1.97. The molecule has 1 aliphatic rings. The topological polar surface area (TPSA) is 17.1 Å². The molecule has 27 heavy (non-hydrogen) atoms. The molecule has 1 unspecified atom stereocenters. The maximum absolute atomic E-state index is 14.6. The molecule has 2 heterocycles. The van der Waals surface area contributed by atoms with Crippen LogP contribution in [0.15, 0.2) is 91.0 Å². The van der Waals surface area contributed by atoms with E-state index in [9.17, 15) is 4.57 Å². The van der Waals surface area contributed by atoms with Gasteiger partial charge in [-0.15, -0.1) is 11.3 Å². The second-order valence-electron chi connectivity index (χ2n) is 6.93. The Labute approximate surface area is 161 Å². The van der Waals surface area contributed by atoms with Crippen LogP contribution in [0.25, 0.3) is 31.3 Å². The van der Waals surface area contributed by atoms with Crippen LogP contribution in [0.3, 0.4) is 0 Å². The minimum atomic E-state index is -2.86. The molecule has 1 nitrogen and oxygen atoms in total. The molecule has 3 heteroatoms. The lowest BCUT2D eigenvalue weighted by molar-refractivity contribution is 0.593. The normalized spacial score (nSPS) is 17.9. The average molecular weight is 382 g/mol. The first-order chi connectivity index (χ1) is 13.3. The fraction of sp³-hybridized carbons (Fsp3) is 0. The van der Waals surface area contributed by atoms with Crippen molar-refractivity contribution in [3.8, 4) is 11.1 Å². The molecule has 0 amide bonds. The molecule has 4 aromatic carbocycles. The van der Waals surface area contributed by atoms with Crippen LogP contribution in [-0.4, -0.2) is 0 Å². The summed E-state index contributed by atoms with van der Waals surface area (Å²) in [6, 6.07) is 31.0. The van der Waals surface area contributed by atoms with Gasteiger partial charge in [-0.05, 0) is 29.3 Å². The largest absolute Gasteiger partial charge is 0.309 e. The Kier molecular flexibility index (Phi) is 3.09. The van der Waals surface area contributed by atoms with E-state index in [1.807, 2.05) is 59.9 Å². The molecule has 0 fully saturated rings. The number of benzene rings is 4. The molecule has 0 saturated carbocycles. The first-order valence-corrected chi connectivity index (χ1v) is 11.5. The Morgan fingerprint density at radius 3 is 2.22 bits per heavy atom. The first-order valence-electron chi connectivity index (χ1n) is 8.98. The van der Waals surface area contributed by atoms with E-state index in [-0.39, 0.29) is 0 Å². The maximum atomic E-state index is 14.6. The van der Waals surface area contributed by atoms with E-state index in [1.165, 1.54) is 20.2 Å². The van der Waals surface area contributed by atoms with E-state index in [4.69, 9.17) is 0 Å². The molecule has 1 atom stereocenters. The van der Waals surface area contributed by atoms with E-state index in [0.717, 1.165) is 27.0 Å². The third-order valence-electron chi connectivity index (χ3n) is 5.49. The molecule has 0 bridgehead atoms. The molecule has 0 saturated heterocycles. The van der Waals surface area contributed by atoms with Gasteiger partial charge >= 0.3 is 0 Å². The van der Waals surface area contributed by atoms with Crippen LogP contribution < -0.4 is 15.9 Å². The van der Waals surface area contributed by atoms with Gasteiger partial charge < -0.3 is 4.57 Å². The zero-order valence-corrected chi connectivity index (χ0v) is 16.1. The summed E-state index contributed by atoms with van der Waals surface area (Å²) in [5, 5.41) is 5.31. The standard InChI is InChI=1S/C24H15OPS/c25-26(16-8-2-1-3-9-16)21-12-6-4-10-17(21)19-15-24-20(14-22(19)26)18-11-5-7-13-23(18)27-24/h1-15H. The Balaban J connectivity index is 1.78. The lowest BCUT2D eigenvalue weighted by Crippen LogP contribution is -2.20. The van der Waals surface area contributed by atoms with Gasteiger partial charge in [0.05, 0.1) is 0 Å². The zero-order valence-electron chi connectivity index (χ0n) is 14.4. The fourth-order valence-electron chi connectivity index (χ4n) is 4.26. The van der Waals surface area contributed by atoms with Crippen LogP contribution in [-0.2, 0) is 4.57 Å². The summed E-state index contributed by atoms with van der Waals surface area (Å²) in [5.74, 6) is 0. The molecular formula is C24H15OPS. The van der Waals surface area contributed by atoms with Gasteiger partial charge in [0, 0.05) is 36.1 Å². The van der Waals surface area contributed by atoms with Gasteiger partial charge in [0.15, 0.2) is 7.14 Å². The van der Waals surface area contributed by atoms with Gasteiger partial charge in [-0.25, -0.2) is 0 Å². The van der Waals surface area contributed by atoms with Gasteiger partial charge in [-0.2, -0.15) is 0 Å². The quantitative estimate of drug-likeness (QED) is 0.335. The van der Waals surface area contributed by atoms with Crippen molar-refractivity contribution in [3.63, 3.8) is 0 Å². The SMILES string of the molecule is O=P1(c2ccccc2)c2ccccc2-c2cc3sc4ccccc4c3cc21. The van der Waals surface area contributed by atoms with Gasteiger partial charge in [0.1, 0.15) is 0 Å². The summed E-state index contributed by atoms with van der Waals surface area (Å²) in [6.07, 6.45) is 0. The monoisotopic (exact) mass is 382 g/mol. The van der Waals surface area contributed by atoms with Gasteiger partial charge in [-0.3, -0.25) is 0 Å². The lowest BCUT2D eigenvalue weighted by atomic mass is 10.0. The van der Waals surface area contributed by atoms with Crippen molar-refractivity contribution >= 4 is 54.6 Å². The third-order valence-corrected chi connectivity index (χ3v) is 9.76. The predicted molar refractivity (Wildman–Crippen MR) is 118 cm³/mol. The Morgan fingerprint density at radius 1 is 0.593 bits per heavy atom. The van der Waals surface area contributed by atoms with Crippen LogP contribution in [0.2, 0.25) is 0 Å². The fourth-order valence-corrected chi connectivity index (χ4v) is 8.46. The molecule has 0 radical (unpaired) electrons. The Hall–Kier alpha value is -2.67. The van der Waals surface area contributed by atoms with Crippen molar-refractivity contribution in [3.05, 3.63) is 91.0 Å². The molecule has 1 aromatic heterocycles. The van der Waals surface area contributed by atoms with Crippen LogP contribution in [0.4, 0.5) is 0 Å². The number of hydrogen-bond donors (Lipinski definition) is 0. The minimum absolute atomic E-state index is 0.912. The van der Waals surface area contributed by atoms with E-state index in [1.54, 1.807) is 0 Å². The summed E-state index contributed by atoms with van der Waals surface area (Å²) in [7, 11) is -2.86. The highest BCUT2D eigenvalue weighted by atomic mass is 32.1. The molecular weight excluding hydrogens is 367 g/mol. The van der Waals surface area contributed by atoms with Crippen molar-refractivity contribution < 1.29 is 4.57 Å². The van der Waals surface area contributed by atoms with Gasteiger partial charge in [-0.1, -0.05) is 72.8 Å². The molecule has 0 spiro atoms. The summed E-state index contributed by atoms with van der Waals surface area (Å²) < 4.78 is 17.1. The summed E-state index contributed by atoms with van der Waals surface area (Å²) >= 11 is 1.81. The molecule has 5 aromatic rings. The van der Waals surface area contributed by atoms with Crippen LogP contribution in [0.5, 0.6) is 0 Å². The Morgan fingerprint density at radius 2 is 1.33 bits per heavy atom. The summed E-state index contributed by atoms with van der Waals surface area (Å²) in [5.41, 5.74) is 2.23. The highest BCUT2D eigenvalue weighted by Crippen LogP contribution is 2.53. The maximum Gasteiger partial charge on any atom is 0.172 e. The van der Waals surface area contributed by atoms with Crippen molar-refractivity contribution in [2.75, 3.05) is 0 Å². The smallest absolute Gasteiger partial charge is 0.172 e. The van der Waals surface area contributed by atoms with Crippen molar-refractivity contribution in [1.82, 2.24) is 0 Å². The summed E-state index contributed by atoms with van der Waals surface area (Å²) in [4.78, 5) is 0. The predicted octanol–water partition coefficient (Wildman–Crippen LogP) is 5.67. The molecule has 6 rings (SSSR count). The highest BCUT2D eigenvalue weighted by molar-refractivity contribution is 7.86. The van der Waals surface area contributed by atoms with Gasteiger partial charge in [0.25, 0.3) is 0 Å². The first kappa shape index (κ1) is 15.4. The highest BCUT2D eigenvalue weighted by Gasteiger charge is 2.40. The molecule has 1 aliphatic heterocycles. The number of thiophene rings is 1. The molecule has 0 aliphatic carbocycles. The number of rotatable bonds is 1. The van der Waals surface area contributed by atoms with E-state index in [2.05, 4.69) is 42.5 Å². The number of fused-ring (bicyclic) bond motifs is 6. The van der Waals surface area contributed by atoms with Crippen molar-refractivity contribution in [2.24, 2.45) is 0 Å². The molecule has 0 N–H and O–H groups in total. The van der Waals surface area contributed by atoms with Crippen LogP contribution in [0, 0.1) is 0 Å². The van der Waals surface area contributed by atoms with E-state index in [0.29, 0.717) is 0 Å². The zero-order chi connectivity index (χ0) is 18.0. The second kappa shape index (κ2) is 5.42. The second-order valence-corrected chi connectivity index (χ2v) is 10.7. The van der Waals surface area contributed by atoms with E-state index >= 15 is 0 Å². The van der Waals surface area contributed by atoms with E-state index < -0.39 is 7.14 Å². The van der Waals surface area contributed by atoms with Crippen molar-refractivity contribution in [2.45, 2.75) is 0 Å². The van der Waals surface area contributed by atoms with Gasteiger partial charge in [0.2, 0.25) is 0 Å². The average Bonchev–Trinajstić information content (AvgIpc) is 3.22. The minimum Gasteiger partial charge on any atom is -0.309 e. The van der Waals surface area contributed by atoms with Crippen molar-refractivity contribution in [1.29, 1.82) is 0 Å². The Bertz CT molecular complexity index is 1400. The molecule has 128 valence electrons. The van der Waals surface area contributed by atoms with Crippen LogP contribution in [0.1, 0.15) is 0 Å². The number of hydrogen-bond acceptors (Lipinski definition) is 2. The van der Waals surface area contributed by atoms with Crippen LogP contribution >= 0.6 is 18.5 Å². The lowest BCUT2D eigenvalue weighted by Gasteiger charge is -2.15.